The van der Waals surface area contributed by atoms with Crippen LogP contribution in [0.3, 0.4) is 0 Å². The molecule has 0 amide bonds. The number of hydrogen-bond acceptors (Lipinski definition) is 4. The van der Waals surface area contributed by atoms with E-state index in [9.17, 15) is 12.8 Å². The zero-order chi connectivity index (χ0) is 18.9. The zero-order valence-electron chi connectivity index (χ0n) is 15.1. The van der Waals surface area contributed by atoms with E-state index in [4.69, 9.17) is 4.74 Å². The highest BCUT2D eigenvalue weighted by atomic mass is 32.2. The molecule has 0 radical (unpaired) electrons. The third-order valence-electron chi connectivity index (χ3n) is 4.88. The predicted octanol–water partition coefficient (Wildman–Crippen LogP) is 2.82. The van der Waals surface area contributed by atoms with Gasteiger partial charge in [0.2, 0.25) is 10.0 Å². The molecule has 0 aliphatic carbocycles. The average molecular weight is 378 g/mol. The standard InChI is InChI=1S/C19H23FN2O3S/c1-14-12-17(8-9-18(14)20)26(23,24)22-11-10-21(2)19(13-22)15-4-6-16(25-3)7-5-15/h4-9,12,19H,10-11,13H2,1-3H3. The molecule has 1 saturated heterocycles. The number of benzene rings is 2. The SMILES string of the molecule is COc1ccc(C2CN(S(=O)(=O)c3ccc(F)c(C)c3)CCN2C)cc1. The fraction of sp³-hybridized carbons (Fsp3) is 0.368. The van der Waals surface area contributed by atoms with Gasteiger partial charge in [-0.25, -0.2) is 12.8 Å². The van der Waals surface area contributed by atoms with Gasteiger partial charge in [0.05, 0.1) is 12.0 Å². The molecule has 5 nitrogen and oxygen atoms in total. The normalized spacial score (nSPS) is 19.5. The highest BCUT2D eigenvalue weighted by molar-refractivity contribution is 7.89. The van der Waals surface area contributed by atoms with Crippen LogP contribution in [-0.4, -0.2) is 51.4 Å². The molecule has 3 rings (SSSR count). The Morgan fingerprint density at radius 3 is 2.42 bits per heavy atom. The molecule has 26 heavy (non-hydrogen) atoms. The molecule has 1 atom stereocenters. The van der Waals surface area contributed by atoms with Crippen LogP contribution in [0.25, 0.3) is 0 Å². The van der Waals surface area contributed by atoms with E-state index >= 15 is 0 Å². The third kappa shape index (κ3) is 3.60. The number of rotatable bonds is 4. The zero-order valence-corrected chi connectivity index (χ0v) is 16.0. The molecule has 0 bridgehead atoms. The molecule has 140 valence electrons. The van der Waals surface area contributed by atoms with Gasteiger partial charge in [0.25, 0.3) is 0 Å². The van der Waals surface area contributed by atoms with Gasteiger partial charge in [-0.15, -0.1) is 0 Å². The van der Waals surface area contributed by atoms with Gasteiger partial charge in [-0.1, -0.05) is 12.1 Å². The Morgan fingerprint density at radius 1 is 1.12 bits per heavy atom. The van der Waals surface area contributed by atoms with Crippen molar-refractivity contribution >= 4 is 10.0 Å². The van der Waals surface area contributed by atoms with Crippen molar-refractivity contribution in [2.45, 2.75) is 17.9 Å². The van der Waals surface area contributed by atoms with Gasteiger partial charge < -0.3 is 4.74 Å². The summed E-state index contributed by atoms with van der Waals surface area (Å²) >= 11 is 0. The summed E-state index contributed by atoms with van der Waals surface area (Å²) in [7, 11) is -0.0643. The number of piperazine rings is 1. The molecule has 7 heteroatoms. The minimum absolute atomic E-state index is 0.0500. The Labute approximate surface area is 154 Å². The van der Waals surface area contributed by atoms with Gasteiger partial charge in [0, 0.05) is 25.7 Å². The number of halogens is 1. The minimum Gasteiger partial charge on any atom is -0.497 e. The number of nitrogens with zero attached hydrogens (tertiary/aromatic N) is 2. The van der Waals surface area contributed by atoms with Crippen LogP contribution < -0.4 is 4.74 Å². The number of hydrogen-bond donors (Lipinski definition) is 0. The minimum atomic E-state index is -3.66. The lowest BCUT2D eigenvalue weighted by atomic mass is 10.0. The Kier molecular flexibility index (Phi) is 5.32. The highest BCUT2D eigenvalue weighted by Crippen LogP contribution is 2.29. The number of ether oxygens (including phenoxy) is 1. The molecule has 1 aliphatic heterocycles. The van der Waals surface area contributed by atoms with Crippen LogP contribution in [0, 0.1) is 12.7 Å². The summed E-state index contributed by atoms with van der Waals surface area (Å²) in [4.78, 5) is 2.28. The lowest BCUT2D eigenvalue weighted by Crippen LogP contribution is -2.48. The summed E-state index contributed by atoms with van der Waals surface area (Å²) in [5.74, 6) is 0.358. The molecule has 1 aliphatic rings. The maximum atomic E-state index is 13.5. The number of methoxy groups -OCH3 is 1. The van der Waals surface area contributed by atoms with Crippen molar-refractivity contribution in [1.29, 1.82) is 0 Å². The first kappa shape index (κ1) is 18.8. The first-order chi connectivity index (χ1) is 12.3. The van der Waals surface area contributed by atoms with E-state index in [0.29, 0.717) is 25.2 Å². The summed E-state index contributed by atoms with van der Waals surface area (Å²) < 4.78 is 46.2. The topological polar surface area (TPSA) is 49.9 Å². The summed E-state index contributed by atoms with van der Waals surface area (Å²) in [6.45, 7) is 2.94. The van der Waals surface area contributed by atoms with Gasteiger partial charge in [-0.05, 0) is 55.4 Å². The summed E-state index contributed by atoms with van der Waals surface area (Å²) in [5.41, 5.74) is 1.36. The molecule has 2 aromatic carbocycles. The maximum absolute atomic E-state index is 13.5. The van der Waals surface area contributed by atoms with E-state index in [1.807, 2.05) is 31.3 Å². The molecular formula is C19H23FN2O3S. The molecule has 0 N–H and O–H groups in total. The highest BCUT2D eigenvalue weighted by Gasteiger charge is 2.33. The molecule has 0 spiro atoms. The van der Waals surface area contributed by atoms with Crippen LogP contribution in [0.1, 0.15) is 17.2 Å². The maximum Gasteiger partial charge on any atom is 0.243 e. The molecule has 2 aromatic rings. The van der Waals surface area contributed by atoms with Crippen molar-refractivity contribution in [3.8, 4) is 5.75 Å². The van der Waals surface area contributed by atoms with Crippen molar-refractivity contribution in [2.75, 3.05) is 33.8 Å². The Morgan fingerprint density at radius 2 is 1.81 bits per heavy atom. The summed E-state index contributed by atoms with van der Waals surface area (Å²) in [6.07, 6.45) is 0. The lowest BCUT2D eigenvalue weighted by molar-refractivity contribution is 0.148. The van der Waals surface area contributed by atoms with Crippen LogP contribution in [0.15, 0.2) is 47.4 Å². The largest absolute Gasteiger partial charge is 0.497 e. The van der Waals surface area contributed by atoms with Crippen molar-refractivity contribution in [2.24, 2.45) is 0 Å². The fourth-order valence-corrected chi connectivity index (χ4v) is 4.70. The Bertz CT molecular complexity index is 884. The molecule has 1 heterocycles. The second kappa shape index (κ2) is 7.34. The predicted molar refractivity (Wildman–Crippen MR) is 98.3 cm³/mol. The van der Waals surface area contributed by atoms with Crippen molar-refractivity contribution in [3.05, 3.63) is 59.4 Å². The monoisotopic (exact) mass is 378 g/mol. The van der Waals surface area contributed by atoms with Gasteiger partial charge >= 0.3 is 0 Å². The van der Waals surface area contributed by atoms with E-state index in [1.165, 1.54) is 22.5 Å². The van der Waals surface area contributed by atoms with Crippen LogP contribution in [0.4, 0.5) is 4.39 Å². The molecule has 1 fully saturated rings. The second-order valence-electron chi connectivity index (χ2n) is 6.54. The first-order valence-corrected chi connectivity index (χ1v) is 9.87. The van der Waals surface area contributed by atoms with E-state index in [0.717, 1.165) is 11.3 Å². The van der Waals surface area contributed by atoms with E-state index < -0.39 is 15.8 Å². The third-order valence-corrected chi connectivity index (χ3v) is 6.74. The van der Waals surface area contributed by atoms with Crippen LogP contribution >= 0.6 is 0 Å². The van der Waals surface area contributed by atoms with E-state index in [1.54, 1.807) is 14.0 Å². The first-order valence-electron chi connectivity index (χ1n) is 8.43. The molecule has 0 aromatic heterocycles. The van der Waals surface area contributed by atoms with Gasteiger partial charge in [-0.2, -0.15) is 4.31 Å². The van der Waals surface area contributed by atoms with Crippen molar-refractivity contribution in [1.82, 2.24) is 9.21 Å². The van der Waals surface area contributed by atoms with E-state index in [-0.39, 0.29) is 10.9 Å². The average Bonchev–Trinajstić information content (AvgIpc) is 2.64. The van der Waals surface area contributed by atoms with Crippen molar-refractivity contribution in [3.63, 3.8) is 0 Å². The van der Waals surface area contributed by atoms with Gasteiger partial charge in [0.1, 0.15) is 11.6 Å². The van der Waals surface area contributed by atoms with Gasteiger partial charge in [0.15, 0.2) is 0 Å². The fourth-order valence-electron chi connectivity index (χ4n) is 3.18. The molecular weight excluding hydrogens is 355 g/mol. The van der Waals surface area contributed by atoms with Crippen LogP contribution in [-0.2, 0) is 10.0 Å². The summed E-state index contributed by atoms with van der Waals surface area (Å²) in [6, 6.07) is 11.5. The van der Waals surface area contributed by atoms with E-state index in [2.05, 4.69) is 4.90 Å². The number of sulfonamides is 1. The lowest BCUT2D eigenvalue weighted by Gasteiger charge is -2.39. The Hall–Kier alpha value is -1.96. The number of likely N-dealkylation sites (N-methyl/N-ethyl adjacent to an activating group) is 1. The molecule has 0 saturated carbocycles. The smallest absolute Gasteiger partial charge is 0.243 e. The van der Waals surface area contributed by atoms with Crippen LogP contribution in [0.5, 0.6) is 5.75 Å². The van der Waals surface area contributed by atoms with Crippen molar-refractivity contribution < 1.29 is 17.5 Å². The summed E-state index contributed by atoms with van der Waals surface area (Å²) in [5, 5.41) is 0. The van der Waals surface area contributed by atoms with Crippen LogP contribution in [0.2, 0.25) is 0 Å². The number of aryl methyl sites for hydroxylation is 1. The Balaban J connectivity index is 1.87. The quantitative estimate of drug-likeness (QED) is 0.821. The molecule has 1 unspecified atom stereocenters. The second-order valence-corrected chi connectivity index (χ2v) is 8.48. The van der Waals surface area contributed by atoms with Gasteiger partial charge in [-0.3, -0.25) is 4.90 Å².